The van der Waals surface area contributed by atoms with E-state index in [2.05, 4.69) is 6.92 Å². The highest BCUT2D eigenvalue weighted by Gasteiger charge is 2.39. The highest BCUT2D eigenvalue weighted by atomic mass is 16.5. The zero-order valence-electron chi connectivity index (χ0n) is 16.9. The summed E-state index contributed by atoms with van der Waals surface area (Å²) in [6, 6.07) is 0. The van der Waals surface area contributed by atoms with E-state index in [0.717, 1.165) is 38.5 Å². The summed E-state index contributed by atoms with van der Waals surface area (Å²) in [6.45, 7) is 4.36. The fourth-order valence-corrected chi connectivity index (χ4v) is 3.69. The molecule has 0 aliphatic heterocycles. The molecule has 0 heterocycles. The molecule has 1 rings (SSSR count). The summed E-state index contributed by atoms with van der Waals surface area (Å²) in [5.41, 5.74) is 0. The van der Waals surface area contributed by atoms with Crippen molar-refractivity contribution in [2.24, 2.45) is 11.8 Å². The largest absolute Gasteiger partial charge is 0.466 e. The third-order valence-corrected chi connectivity index (χ3v) is 5.21. The Kier molecular flexibility index (Phi) is 12.3. The van der Waals surface area contributed by atoms with E-state index >= 15 is 0 Å². The van der Waals surface area contributed by atoms with Crippen LogP contribution < -0.4 is 0 Å². The van der Waals surface area contributed by atoms with Gasteiger partial charge in [0.05, 0.1) is 24.9 Å². The number of ether oxygens (including phenoxy) is 1. The predicted octanol–water partition coefficient (Wildman–Crippen LogP) is 3.52. The number of hydrogen-bond acceptors (Lipinski definition) is 5. The number of esters is 1. The number of allylic oxidation sites excluding steroid dienone is 1. The molecule has 0 aromatic carbocycles. The number of aliphatic hydroxyl groups is 3. The molecule has 0 saturated heterocycles. The Hall–Kier alpha value is -1.17. The zero-order chi connectivity index (χ0) is 20.1. The maximum Gasteiger partial charge on any atom is 0.305 e. The number of unbranched alkanes of at least 4 members (excludes halogenated alkanes) is 3. The lowest BCUT2D eigenvalue weighted by atomic mass is 9.88. The second-order valence-electron chi connectivity index (χ2n) is 7.46. The van der Waals surface area contributed by atoms with Crippen LogP contribution in [0.4, 0.5) is 0 Å². The van der Waals surface area contributed by atoms with Gasteiger partial charge in [-0.25, -0.2) is 0 Å². The van der Waals surface area contributed by atoms with Crippen molar-refractivity contribution in [3.63, 3.8) is 0 Å². The van der Waals surface area contributed by atoms with Gasteiger partial charge >= 0.3 is 5.97 Å². The molecule has 0 aromatic rings. The first-order valence-corrected chi connectivity index (χ1v) is 10.5. The Bertz CT molecular complexity index is 460. The minimum Gasteiger partial charge on any atom is -0.466 e. The summed E-state index contributed by atoms with van der Waals surface area (Å²) in [7, 11) is 0. The highest BCUT2D eigenvalue weighted by molar-refractivity contribution is 5.69. The standard InChI is InChI=1S/C22H38O5/c1-3-5-8-12-18-19(21(25)16-20(18)24)15-14-17(23)11-9-6-7-10-13-22(26)27-4-2/h6,9,14-15,17-21,23-25H,3-5,7-8,10-13,16H2,1-2H3/b9-6-,15-14+/t17-,18+,19-,20+,21-/m1/s1. The Morgan fingerprint density at radius 2 is 1.93 bits per heavy atom. The van der Waals surface area contributed by atoms with Gasteiger partial charge in [-0.15, -0.1) is 0 Å². The molecular weight excluding hydrogens is 344 g/mol. The maximum absolute atomic E-state index is 11.2. The summed E-state index contributed by atoms with van der Waals surface area (Å²) >= 11 is 0. The van der Waals surface area contributed by atoms with Crippen molar-refractivity contribution in [2.45, 2.75) is 89.9 Å². The van der Waals surface area contributed by atoms with Gasteiger partial charge in [-0.05, 0) is 38.5 Å². The first-order valence-electron chi connectivity index (χ1n) is 10.5. The van der Waals surface area contributed by atoms with Gasteiger partial charge < -0.3 is 20.1 Å². The van der Waals surface area contributed by atoms with Crippen LogP contribution in [0.3, 0.4) is 0 Å². The molecule has 3 N–H and O–H groups in total. The van der Waals surface area contributed by atoms with Crippen molar-refractivity contribution in [1.29, 1.82) is 0 Å². The Labute approximate surface area is 164 Å². The summed E-state index contributed by atoms with van der Waals surface area (Å²) in [4.78, 5) is 11.2. The van der Waals surface area contributed by atoms with Crippen LogP contribution in [0.1, 0.15) is 71.6 Å². The van der Waals surface area contributed by atoms with Crippen LogP contribution in [0, 0.1) is 11.8 Å². The summed E-state index contributed by atoms with van der Waals surface area (Å²) in [5, 5.41) is 30.5. The number of aliphatic hydroxyl groups excluding tert-OH is 3. The van der Waals surface area contributed by atoms with E-state index in [4.69, 9.17) is 4.74 Å². The summed E-state index contributed by atoms with van der Waals surface area (Å²) in [6.07, 6.45) is 13.0. The van der Waals surface area contributed by atoms with Crippen molar-refractivity contribution < 1.29 is 24.9 Å². The normalized spacial score (nSPS) is 26.9. The molecule has 1 aliphatic carbocycles. The van der Waals surface area contributed by atoms with Crippen molar-refractivity contribution in [3.05, 3.63) is 24.3 Å². The fourth-order valence-electron chi connectivity index (χ4n) is 3.69. The number of carbonyl (C=O) groups excluding carboxylic acids is 1. The smallest absolute Gasteiger partial charge is 0.305 e. The van der Waals surface area contributed by atoms with E-state index < -0.39 is 18.3 Å². The maximum atomic E-state index is 11.2. The third kappa shape index (κ3) is 9.54. The molecule has 1 fully saturated rings. The highest BCUT2D eigenvalue weighted by Crippen LogP contribution is 2.37. The van der Waals surface area contributed by atoms with Crippen molar-refractivity contribution in [1.82, 2.24) is 0 Å². The average molecular weight is 383 g/mol. The molecule has 1 saturated carbocycles. The van der Waals surface area contributed by atoms with Gasteiger partial charge in [-0.1, -0.05) is 50.5 Å². The minimum atomic E-state index is -0.604. The molecule has 27 heavy (non-hydrogen) atoms. The molecule has 5 nitrogen and oxygen atoms in total. The van der Waals surface area contributed by atoms with E-state index in [1.807, 2.05) is 18.2 Å². The molecular formula is C22H38O5. The van der Waals surface area contributed by atoms with Gasteiger partial charge in [0.1, 0.15) is 0 Å². The SMILES string of the molecule is CCCCC[C@H]1[C@@H](/C=C/[C@H](O)C/C=C\CCCC(=O)OCC)[C@H](O)C[C@@H]1O. The first kappa shape index (κ1) is 23.9. The number of carbonyl (C=O) groups is 1. The average Bonchev–Trinajstić information content (AvgIpc) is 2.89. The Balaban J connectivity index is 2.34. The van der Waals surface area contributed by atoms with Gasteiger partial charge in [0.2, 0.25) is 0 Å². The fraction of sp³-hybridized carbons (Fsp3) is 0.773. The first-order chi connectivity index (χ1) is 13.0. The molecule has 0 unspecified atom stereocenters. The van der Waals surface area contributed by atoms with Crippen molar-refractivity contribution in [3.8, 4) is 0 Å². The van der Waals surface area contributed by atoms with Gasteiger partial charge in [0.15, 0.2) is 0 Å². The number of rotatable bonds is 13. The van der Waals surface area contributed by atoms with Crippen molar-refractivity contribution >= 4 is 5.97 Å². The van der Waals surface area contributed by atoms with E-state index in [0.29, 0.717) is 25.9 Å². The second-order valence-corrected chi connectivity index (χ2v) is 7.46. The van der Waals surface area contributed by atoms with E-state index in [9.17, 15) is 20.1 Å². The molecule has 156 valence electrons. The minimum absolute atomic E-state index is 0.0772. The molecule has 0 bridgehead atoms. The zero-order valence-corrected chi connectivity index (χ0v) is 16.9. The summed E-state index contributed by atoms with van der Waals surface area (Å²) in [5.74, 6) is -0.173. The van der Waals surface area contributed by atoms with Crippen LogP contribution in [0.25, 0.3) is 0 Å². The quantitative estimate of drug-likeness (QED) is 0.258. The van der Waals surface area contributed by atoms with Gasteiger partial charge in [0, 0.05) is 18.8 Å². The topological polar surface area (TPSA) is 87.0 Å². The lowest BCUT2D eigenvalue weighted by Crippen LogP contribution is -2.21. The lowest BCUT2D eigenvalue weighted by Gasteiger charge is -2.21. The van der Waals surface area contributed by atoms with E-state index in [1.54, 1.807) is 13.0 Å². The number of hydrogen-bond donors (Lipinski definition) is 3. The van der Waals surface area contributed by atoms with Crippen LogP contribution >= 0.6 is 0 Å². The Morgan fingerprint density at radius 3 is 2.63 bits per heavy atom. The molecule has 0 amide bonds. The van der Waals surface area contributed by atoms with E-state index in [1.165, 1.54) is 0 Å². The second kappa shape index (κ2) is 13.9. The predicted molar refractivity (Wildman–Crippen MR) is 107 cm³/mol. The van der Waals surface area contributed by atoms with Gasteiger partial charge in [0.25, 0.3) is 0 Å². The molecule has 5 atom stereocenters. The van der Waals surface area contributed by atoms with Crippen LogP contribution in [0.2, 0.25) is 0 Å². The van der Waals surface area contributed by atoms with Crippen LogP contribution in [-0.4, -0.2) is 46.2 Å². The molecule has 0 aromatic heterocycles. The van der Waals surface area contributed by atoms with Gasteiger partial charge in [-0.2, -0.15) is 0 Å². The molecule has 0 radical (unpaired) electrons. The lowest BCUT2D eigenvalue weighted by molar-refractivity contribution is -0.143. The van der Waals surface area contributed by atoms with Gasteiger partial charge in [-0.3, -0.25) is 4.79 Å². The molecule has 1 aliphatic rings. The molecule has 5 heteroatoms. The third-order valence-electron chi connectivity index (χ3n) is 5.21. The van der Waals surface area contributed by atoms with Crippen LogP contribution in [-0.2, 0) is 9.53 Å². The van der Waals surface area contributed by atoms with E-state index in [-0.39, 0.29) is 17.8 Å². The summed E-state index contributed by atoms with van der Waals surface area (Å²) < 4.78 is 4.87. The molecule has 0 spiro atoms. The van der Waals surface area contributed by atoms with Crippen molar-refractivity contribution in [2.75, 3.05) is 6.61 Å². The van der Waals surface area contributed by atoms with Crippen LogP contribution in [0.5, 0.6) is 0 Å². The van der Waals surface area contributed by atoms with Crippen LogP contribution in [0.15, 0.2) is 24.3 Å². The monoisotopic (exact) mass is 382 g/mol. The Morgan fingerprint density at radius 1 is 1.15 bits per heavy atom.